The Bertz CT molecular complexity index is 1800. The molecular weight excluding hydrogens is 426 g/mol. The van der Waals surface area contributed by atoms with E-state index in [4.69, 9.17) is 9.40 Å². The number of rotatable bonds is 3. The van der Waals surface area contributed by atoms with Crippen LogP contribution >= 0.6 is 0 Å². The normalized spacial score (nSPS) is 11.3. The maximum Gasteiger partial charge on any atom is 0.349 e. The number of carbonyl (C=O) groups excluding carboxylic acids is 1. The quantitative estimate of drug-likeness (QED) is 0.275. The zero-order valence-electron chi connectivity index (χ0n) is 18.3. The van der Waals surface area contributed by atoms with Gasteiger partial charge in [0.1, 0.15) is 16.8 Å². The van der Waals surface area contributed by atoms with Crippen LogP contribution in [0.5, 0.6) is 0 Å². The third kappa shape index (κ3) is 3.33. The molecule has 3 aromatic heterocycles. The summed E-state index contributed by atoms with van der Waals surface area (Å²) in [5, 5.41) is 5.48. The molecule has 3 aromatic carbocycles. The molecular formula is C28H19N3O3. The van der Waals surface area contributed by atoms with Gasteiger partial charge >= 0.3 is 5.63 Å². The second kappa shape index (κ2) is 7.71. The molecule has 3 heterocycles. The van der Waals surface area contributed by atoms with Crippen LogP contribution < -0.4 is 10.9 Å². The number of benzene rings is 3. The number of nitrogens with zero attached hydrogens (tertiary/aromatic N) is 2. The van der Waals surface area contributed by atoms with Crippen LogP contribution in [0.15, 0.2) is 100 Å². The number of amides is 1. The maximum absolute atomic E-state index is 13.1. The molecule has 0 aliphatic carbocycles. The number of nitrogens with one attached hydrogen (secondary N) is 1. The van der Waals surface area contributed by atoms with Gasteiger partial charge in [-0.15, -0.1) is 0 Å². The summed E-state index contributed by atoms with van der Waals surface area (Å²) in [6.07, 6.45) is 3.90. The number of pyridine rings is 1. The minimum absolute atomic E-state index is 0.0439. The van der Waals surface area contributed by atoms with Crippen molar-refractivity contribution in [2.75, 3.05) is 5.32 Å². The van der Waals surface area contributed by atoms with Crippen molar-refractivity contribution in [1.82, 2.24) is 9.38 Å². The molecule has 34 heavy (non-hydrogen) atoms. The smallest absolute Gasteiger partial charge is 0.349 e. The highest BCUT2D eigenvalue weighted by Crippen LogP contribution is 2.26. The van der Waals surface area contributed by atoms with Crippen molar-refractivity contribution in [2.24, 2.45) is 0 Å². The summed E-state index contributed by atoms with van der Waals surface area (Å²) in [6, 6.07) is 24.4. The number of imidazole rings is 1. The molecule has 0 unspecified atom stereocenters. The number of carbonyl (C=O) groups is 1. The highest BCUT2D eigenvalue weighted by molar-refractivity contribution is 6.10. The fourth-order valence-electron chi connectivity index (χ4n) is 4.28. The van der Waals surface area contributed by atoms with Gasteiger partial charge in [0.2, 0.25) is 0 Å². The number of fused-ring (bicyclic) bond motifs is 4. The van der Waals surface area contributed by atoms with E-state index in [0.29, 0.717) is 11.3 Å². The number of aryl methyl sites for hydroxylation is 1. The monoisotopic (exact) mass is 445 g/mol. The molecule has 0 saturated carbocycles. The zero-order valence-corrected chi connectivity index (χ0v) is 18.3. The summed E-state index contributed by atoms with van der Waals surface area (Å²) in [5.74, 6) is -0.522. The lowest BCUT2D eigenvalue weighted by molar-refractivity contribution is 0.102. The molecule has 6 aromatic rings. The average molecular weight is 445 g/mol. The van der Waals surface area contributed by atoms with Crippen molar-refractivity contribution < 1.29 is 9.21 Å². The van der Waals surface area contributed by atoms with Crippen LogP contribution in [0.4, 0.5) is 5.69 Å². The largest absolute Gasteiger partial charge is 0.422 e. The van der Waals surface area contributed by atoms with E-state index in [9.17, 15) is 9.59 Å². The van der Waals surface area contributed by atoms with Gasteiger partial charge in [0, 0.05) is 29.0 Å². The van der Waals surface area contributed by atoms with Crippen molar-refractivity contribution in [2.45, 2.75) is 6.92 Å². The van der Waals surface area contributed by atoms with E-state index in [-0.39, 0.29) is 5.56 Å². The zero-order chi connectivity index (χ0) is 23.2. The lowest BCUT2D eigenvalue weighted by Crippen LogP contribution is -2.20. The molecule has 0 aliphatic rings. The van der Waals surface area contributed by atoms with E-state index < -0.39 is 11.5 Å². The van der Waals surface area contributed by atoms with Gasteiger partial charge in [0.25, 0.3) is 5.91 Å². The van der Waals surface area contributed by atoms with Gasteiger partial charge in [-0.05, 0) is 53.6 Å². The van der Waals surface area contributed by atoms with Crippen LogP contribution in [-0.4, -0.2) is 15.3 Å². The molecule has 0 spiro atoms. The van der Waals surface area contributed by atoms with E-state index in [1.54, 1.807) is 18.2 Å². The SMILES string of the molecule is Cc1cccn2cc(-c3cccc(NC(=O)c4cc5c(ccc6ccccc65)oc4=O)c3)nc12. The van der Waals surface area contributed by atoms with E-state index in [2.05, 4.69) is 5.32 Å². The third-order valence-corrected chi connectivity index (χ3v) is 5.98. The van der Waals surface area contributed by atoms with Gasteiger partial charge < -0.3 is 14.1 Å². The minimum atomic E-state index is -0.674. The highest BCUT2D eigenvalue weighted by atomic mass is 16.4. The third-order valence-electron chi connectivity index (χ3n) is 5.98. The van der Waals surface area contributed by atoms with Gasteiger partial charge in [-0.1, -0.05) is 48.5 Å². The molecule has 0 saturated heterocycles. The predicted octanol–water partition coefficient (Wildman–Crippen LogP) is 5.82. The van der Waals surface area contributed by atoms with Crippen molar-refractivity contribution in [3.8, 4) is 11.3 Å². The first kappa shape index (κ1) is 19.9. The van der Waals surface area contributed by atoms with E-state index >= 15 is 0 Å². The molecule has 6 rings (SSSR count). The molecule has 6 nitrogen and oxygen atoms in total. The Morgan fingerprint density at radius 3 is 2.71 bits per heavy atom. The van der Waals surface area contributed by atoms with E-state index in [1.165, 1.54) is 0 Å². The standard InChI is InChI=1S/C28H19N3O3/c1-17-6-5-13-31-16-24(30-26(17)31)19-8-4-9-20(14-19)29-27(32)23-15-22-21-10-3-2-7-18(21)11-12-25(22)34-28(23)33/h2-16H,1H3,(H,29,32). The Kier molecular flexibility index (Phi) is 4.52. The fraction of sp³-hybridized carbons (Fsp3) is 0.0357. The van der Waals surface area contributed by atoms with Crippen LogP contribution in [0.2, 0.25) is 0 Å². The van der Waals surface area contributed by atoms with Crippen molar-refractivity contribution in [3.05, 3.63) is 113 Å². The Labute approximate surface area is 194 Å². The van der Waals surface area contributed by atoms with Gasteiger partial charge in [-0.25, -0.2) is 9.78 Å². The van der Waals surface area contributed by atoms with Gasteiger partial charge in [-0.2, -0.15) is 0 Å². The summed E-state index contributed by atoms with van der Waals surface area (Å²) < 4.78 is 7.44. The van der Waals surface area contributed by atoms with Gasteiger partial charge in [0.05, 0.1) is 5.69 Å². The predicted molar refractivity (Wildman–Crippen MR) is 133 cm³/mol. The Balaban J connectivity index is 1.36. The van der Waals surface area contributed by atoms with Crippen LogP contribution in [0.3, 0.4) is 0 Å². The molecule has 0 fully saturated rings. The molecule has 6 heteroatoms. The van der Waals surface area contributed by atoms with Crippen molar-refractivity contribution in [3.63, 3.8) is 0 Å². The van der Waals surface area contributed by atoms with Crippen LogP contribution in [0.25, 0.3) is 38.6 Å². The molecule has 1 N–H and O–H groups in total. The lowest BCUT2D eigenvalue weighted by atomic mass is 10.0. The number of anilines is 1. The Morgan fingerprint density at radius 1 is 0.941 bits per heavy atom. The van der Waals surface area contributed by atoms with Crippen LogP contribution in [0, 0.1) is 6.92 Å². The number of hydrogen-bond acceptors (Lipinski definition) is 4. The number of hydrogen-bond donors (Lipinski definition) is 1. The molecule has 0 bridgehead atoms. The lowest BCUT2D eigenvalue weighted by Gasteiger charge is -2.08. The fourth-order valence-corrected chi connectivity index (χ4v) is 4.28. The summed E-state index contributed by atoms with van der Waals surface area (Å²) >= 11 is 0. The van der Waals surface area contributed by atoms with Crippen LogP contribution in [0.1, 0.15) is 15.9 Å². The maximum atomic E-state index is 13.1. The first-order chi connectivity index (χ1) is 16.6. The summed E-state index contributed by atoms with van der Waals surface area (Å²) in [5.41, 5.74) is 3.91. The molecule has 0 aliphatic heterocycles. The second-order valence-electron chi connectivity index (χ2n) is 8.23. The van der Waals surface area contributed by atoms with Gasteiger partial charge in [0.15, 0.2) is 0 Å². The summed E-state index contributed by atoms with van der Waals surface area (Å²) in [4.78, 5) is 30.4. The summed E-state index contributed by atoms with van der Waals surface area (Å²) in [7, 11) is 0. The molecule has 164 valence electrons. The van der Waals surface area contributed by atoms with E-state index in [1.807, 2.05) is 84.4 Å². The molecule has 1 amide bonds. The Hall–Kier alpha value is -4.71. The van der Waals surface area contributed by atoms with Crippen LogP contribution in [-0.2, 0) is 0 Å². The topological polar surface area (TPSA) is 76.6 Å². The average Bonchev–Trinajstić information content (AvgIpc) is 3.29. The first-order valence-corrected chi connectivity index (χ1v) is 10.9. The van der Waals surface area contributed by atoms with E-state index in [0.717, 1.165) is 38.6 Å². The van der Waals surface area contributed by atoms with Crippen molar-refractivity contribution >= 4 is 39.0 Å². The second-order valence-corrected chi connectivity index (χ2v) is 8.23. The Morgan fingerprint density at radius 2 is 1.82 bits per heavy atom. The molecule has 0 radical (unpaired) electrons. The molecule has 0 atom stereocenters. The highest BCUT2D eigenvalue weighted by Gasteiger charge is 2.16. The van der Waals surface area contributed by atoms with Crippen molar-refractivity contribution in [1.29, 1.82) is 0 Å². The van der Waals surface area contributed by atoms with Gasteiger partial charge in [-0.3, -0.25) is 4.79 Å². The summed E-state index contributed by atoms with van der Waals surface area (Å²) in [6.45, 7) is 2.01. The number of aromatic nitrogens is 2. The minimum Gasteiger partial charge on any atom is -0.422 e. The first-order valence-electron chi connectivity index (χ1n) is 10.9.